The van der Waals surface area contributed by atoms with Gasteiger partial charge in [-0.25, -0.2) is 0 Å². The molecule has 5 nitrogen and oxygen atoms in total. The highest BCUT2D eigenvalue weighted by molar-refractivity contribution is 5.84. The smallest absolute Gasteiger partial charge is 0.242 e. The Morgan fingerprint density at radius 3 is 2.25 bits per heavy atom. The first-order valence-electron chi connectivity index (χ1n) is 13.6. The van der Waals surface area contributed by atoms with E-state index in [0.717, 1.165) is 55.6 Å². The summed E-state index contributed by atoms with van der Waals surface area (Å²) in [6.07, 6.45) is 9.15. The fourth-order valence-corrected chi connectivity index (χ4v) is 8.25. The molecular weight excluding hydrogens is 446 g/mol. The van der Waals surface area contributed by atoms with Crippen LogP contribution in [0.15, 0.2) is 72.4 Å². The highest BCUT2D eigenvalue weighted by Gasteiger charge is 2.60. The van der Waals surface area contributed by atoms with Crippen LogP contribution in [0.5, 0.6) is 0 Å². The Balaban J connectivity index is 1.25. The fourth-order valence-electron chi connectivity index (χ4n) is 8.25. The minimum absolute atomic E-state index is 0.00242. The quantitative estimate of drug-likeness (QED) is 0.515. The van der Waals surface area contributed by atoms with Gasteiger partial charge in [-0.2, -0.15) is 0 Å². The first-order valence-corrected chi connectivity index (χ1v) is 13.6. The van der Waals surface area contributed by atoms with Crippen molar-refractivity contribution in [3.63, 3.8) is 0 Å². The largest absolute Gasteiger partial charge is 0.330 e. The molecule has 3 aliphatic carbocycles. The lowest BCUT2D eigenvalue weighted by molar-refractivity contribution is -0.133. The molecule has 4 aliphatic rings. The zero-order valence-electron chi connectivity index (χ0n) is 21.4. The molecule has 188 valence electrons. The summed E-state index contributed by atoms with van der Waals surface area (Å²) in [5, 5.41) is 5.13. The average molecular weight is 484 g/mol. The minimum atomic E-state index is 0.00242. The summed E-state index contributed by atoms with van der Waals surface area (Å²) in [5.74, 6) is 2.02. The van der Waals surface area contributed by atoms with Crippen LogP contribution in [0, 0.1) is 34.5 Å². The Morgan fingerprint density at radius 1 is 0.917 bits per heavy atom. The number of hydrazine groups is 1. The number of amides is 2. The molecule has 6 rings (SSSR count). The van der Waals surface area contributed by atoms with Crippen LogP contribution < -0.4 is 15.8 Å². The van der Waals surface area contributed by atoms with Gasteiger partial charge in [0.05, 0.1) is 11.4 Å². The number of nitrogens with zero attached hydrogens (tertiary/aromatic N) is 1. The Kier molecular flexibility index (Phi) is 5.70. The molecule has 6 atom stereocenters. The molecule has 0 unspecified atom stereocenters. The number of nitrogens with one attached hydrogen (secondary N) is 2. The summed E-state index contributed by atoms with van der Waals surface area (Å²) < 4.78 is 0. The van der Waals surface area contributed by atoms with Gasteiger partial charge in [0.15, 0.2) is 0 Å². The number of carbonyl (C=O) groups excluding carboxylic acids is 2. The van der Waals surface area contributed by atoms with Gasteiger partial charge in [-0.05, 0) is 86.0 Å². The minimum Gasteiger partial charge on any atom is -0.330 e. The van der Waals surface area contributed by atoms with Crippen LogP contribution in [-0.2, 0) is 9.59 Å². The van der Waals surface area contributed by atoms with Gasteiger partial charge < -0.3 is 5.32 Å². The summed E-state index contributed by atoms with van der Waals surface area (Å²) in [7, 11) is 0. The number of rotatable bonds is 4. The van der Waals surface area contributed by atoms with Gasteiger partial charge >= 0.3 is 0 Å². The number of hydrogen-bond donors (Lipinski definition) is 2. The standard InChI is InChI=1S/C31H37N3O2/c1-30-19-17-25-23(13-16-27-31(25,2)20-18-28(35)32-27)24(30)14-15-26(30)29(36)33-34(21-9-5-3-6-10-21)22-11-7-4-8-12-22/h3-12,16,23-26H,13-15,17-20H2,1-2H3,(H,32,35)(H,33,36)/t23-,24-,25-,26+,30-,31+/m0/s1. The second-order valence-electron chi connectivity index (χ2n) is 11.9. The average Bonchev–Trinajstić information content (AvgIpc) is 3.26. The Morgan fingerprint density at radius 2 is 1.58 bits per heavy atom. The van der Waals surface area contributed by atoms with Crippen molar-refractivity contribution in [1.82, 2.24) is 10.7 Å². The number of fused-ring (bicyclic) bond motifs is 5. The molecule has 2 aromatic rings. The fraction of sp³-hybridized carbons (Fsp3) is 0.484. The van der Waals surface area contributed by atoms with E-state index in [4.69, 9.17) is 0 Å². The van der Waals surface area contributed by atoms with Crippen LogP contribution in [0.1, 0.15) is 58.8 Å². The van der Waals surface area contributed by atoms with Gasteiger partial charge in [0.25, 0.3) is 0 Å². The van der Waals surface area contributed by atoms with Crippen molar-refractivity contribution in [2.75, 3.05) is 5.01 Å². The third kappa shape index (κ3) is 3.66. The molecule has 5 heteroatoms. The summed E-state index contributed by atoms with van der Waals surface area (Å²) in [4.78, 5) is 26.0. The molecule has 1 aliphatic heterocycles. The molecule has 1 heterocycles. The van der Waals surface area contributed by atoms with Crippen LogP contribution in [0.25, 0.3) is 0 Å². The van der Waals surface area contributed by atoms with E-state index in [2.05, 4.69) is 30.7 Å². The van der Waals surface area contributed by atoms with Crippen LogP contribution in [0.2, 0.25) is 0 Å². The van der Waals surface area contributed by atoms with Crippen molar-refractivity contribution in [2.45, 2.75) is 58.8 Å². The molecule has 2 N–H and O–H groups in total. The van der Waals surface area contributed by atoms with Crippen molar-refractivity contribution in [2.24, 2.45) is 34.5 Å². The Labute approximate surface area is 214 Å². The topological polar surface area (TPSA) is 61.4 Å². The zero-order valence-corrected chi connectivity index (χ0v) is 21.4. The van der Waals surface area contributed by atoms with Crippen molar-refractivity contribution in [3.8, 4) is 0 Å². The third-order valence-corrected chi connectivity index (χ3v) is 10.2. The first-order chi connectivity index (χ1) is 17.4. The van der Waals surface area contributed by atoms with Crippen LogP contribution in [0.4, 0.5) is 11.4 Å². The van der Waals surface area contributed by atoms with Gasteiger partial charge in [0.2, 0.25) is 11.8 Å². The van der Waals surface area contributed by atoms with Gasteiger partial charge in [-0.3, -0.25) is 20.0 Å². The Hall–Kier alpha value is -3.08. The number of allylic oxidation sites excluding steroid dienone is 2. The normalized spacial score (nSPS) is 34.9. The van der Waals surface area contributed by atoms with Gasteiger partial charge in [-0.1, -0.05) is 56.3 Å². The van der Waals surface area contributed by atoms with Crippen molar-refractivity contribution in [1.29, 1.82) is 0 Å². The maximum atomic E-state index is 13.9. The molecule has 0 bridgehead atoms. The molecule has 36 heavy (non-hydrogen) atoms. The van der Waals surface area contributed by atoms with Crippen LogP contribution in [0.3, 0.4) is 0 Å². The van der Waals surface area contributed by atoms with Gasteiger partial charge in [0, 0.05) is 23.5 Å². The second kappa shape index (κ2) is 8.79. The molecule has 2 amide bonds. The van der Waals surface area contributed by atoms with E-state index < -0.39 is 0 Å². The second-order valence-corrected chi connectivity index (χ2v) is 11.9. The zero-order chi connectivity index (χ0) is 24.9. The predicted molar refractivity (Wildman–Crippen MR) is 142 cm³/mol. The monoisotopic (exact) mass is 483 g/mol. The molecule has 0 aromatic heterocycles. The lowest BCUT2D eigenvalue weighted by Gasteiger charge is -2.57. The highest BCUT2D eigenvalue weighted by Crippen LogP contribution is 2.65. The Bertz CT molecular complexity index is 1140. The summed E-state index contributed by atoms with van der Waals surface area (Å²) in [6, 6.07) is 20.2. The predicted octanol–water partition coefficient (Wildman–Crippen LogP) is 6.12. The van der Waals surface area contributed by atoms with Crippen LogP contribution in [-0.4, -0.2) is 11.8 Å². The lowest BCUT2D eigenvalue weighted by Crippen LogP contribution is -2.54. The lowest BCUT2D eigenvalue weighted by atomic mass is 9.49. The van der Waals surface area contributed by atoms with E-state index in [9.17, 15) is 9.59 Å². The SMILES string of the molecule is C[C@]12CC[C@H]3[C@@H](CC=C4NC(=O)CC[C@@]43C)[C@@H]1CC[C@@H]2C(=O)NN(c1ccccc1)c1ccccc1. The van der Waals surface area contributed by atoms with Gasteiger partial charge in [-0.15, -0.1) is 0 Å². The first kappa shape index (κ1) is 23.3. The highest BCUT2D eigenvalue weighted by atomic mass is 16.2. The number of carbonyl (C=O) groups is 2. The summed E-state index contributed by atoms with van der Waals surface area (Å²) in [5.41, 5.74) is 6.46. The number of piperidine rings is 1. The van der Waals surface area contributed by atoms with E-state index in [1.165, 1.54) is 0 Å². The molecule has 2 saturated carbocycles. The van der Waals surface area contributed by atoms with E-state index >= 15 is 0 Å². The van der Waals surface area contributed by atoms with E-state index in [1.54, 1.807) is 0 Å². The van der Waals surface area contributed by atoms with Crippen molar-refractivity contribution in [3.05, 3.63) is 72.4 Å². The molecule has 0 radical (unpaired) electrons. The van der Waals surface area contributed by atoms with Gasteiger partial charge in [0.1, 0.15) is 0 Å². The third-order valence-electron chi connectivity index (χ3n) is 10.2. The number of para-hydroxylation sites is 2. The summed E-state index contributed by atoms with van der Waals surface area (Å²) >= 11 is 0. The number of anilines is 2. The van der Waals surface area contributed by atoms with E-state index in [0.29, 0.717) is 24.2 Å². The van der Waals surface area contributed by atoms with Crippen LogP contribution >= 0.6 is 0 Å². The van der Waals surface area contributed by atoms with E-state index in [1.807, 2.05) is 65.7 Å². The molecule has 3 fully saturated rings. The van der Waals surface area contributed by atoms with Crippen molar-refractivity contribution < 1.29 is 9.59 Å². The molecular formula is C31H37N3O2. The summed E-state index contributed by atoms with van der Waals surface area (Å²) in [6.45, 7) is 4.75. The maximum Gasteiger partial charge on any atom is 0.242 e. The van der Waals surface area contributed by atoms with E-state index in [-0.39, 0.29) is 28.6 Å². The van der Waals surface area contributed by atoms with Crippen molar-refractivity contribution >= 4 is 23.2 Å². The molecule has 2 aromatic carbocycles. The number of benzene rings is 2. The molecule has 0 spiro atoms. The molecule has 1 saturated heterocycles. The number of hydrogen-bond acceptors (Lipinski definition) is 3. The maximum absolute atomic E-state index is 13.9.